The van der Waals surface area contributed by atoms with Crippen LogP contribution in [0.15, 0.2) is 12.5 Å². The number of hydrogen-bond donors (Lipinski definition) is 3. The Bertz CT molecular complexity index is 432. The van der Waals surface area contributed by atoms with Gasteiger partial charge in [0.05, 0.1) is 6.33 Å². The number of hydrogen-bond acceptors (Lipinski definition) is 3. The summed E-state index contributed by atoms with van der Waals surface area (Å²) >= 11 is 0. The molecule has 1 aromatic rings. The third-order valence-electron chi connectivity index (χ3n) is 3.82. The number of aliphatic carboxylic acids is 1. The van der Waals surface area contributed by atoms with Crippen molar-refractivity contribution in [2.24, 2.45) is 0 Å². The molecule has 0 spiro atoms. The number of amides is 1. The van der Waals surface area contributed by atoms with E-state index in [1.807, 2.05) is 0 Å². The van der Waals surface area contributed by atoms with E-state index in [1.54, 1.807) is 12.5 Å². The van der Waals surface area contributed by atoms with Crippen LogP contribution in [0.5, 0.6) is 0 Å². The Morgan fingerprint density at radius 1 is 1.00 bits per heavy atom. The summed E-state index contributed by atoms with van der Waals surface area (Å²) in [6.45, 7) is 0.750. The van der Waals surface area contributed by atoms with Crippen molar-refractivity contribution in [3.63, 3.8) is 0 Å². The molecule has 0 radical (unpaired) electrons. The van der Waals surface area contributed by atoms with Gasteiger partial charge < -0.3 is 15.4 Å². The second kappa shape index (κ2) is 12.7. The van der Waals surface area contributed by atoms with Gasteiger partial charge in [0.2, 0.25) is 5.91 Å². The fourth-order valence-corrected chi connectivity index (χ4v) is 2.45. The monoisotopic (exact) mass is 323 g/mol. The number of carboxylic acid groups (broad SMARTS) is 1. The molecule has 6 nitrogen and oxygen atoms in total. The molecule has 0 saturated carbocycles. The number of H-pyrrole nitrogens is 1. The number of nitrogens with zero attached hydrogens (tertiary/aromatic N) is 1. The number of imidazole rings is 1. The molecule has 0 saturated heterocycles. The first-order valence-electron chi connectivity index (χ1n) is 8.64. The van der Waals surface area contributed by atoms with E-state index < -0.39 is 5.97 Å². The fraction of sp³-hybridized carbons (Fsp3) is 0.706. The maximum absolute atomic E-state index is 11.6. The quantitative estimate of drug-likeness (QED) is 0.459. The molecule has 23 heavy (non-hydrogen) atoms. The Kier molecular flexibility index (Phi) is 10.6. The van der Waals surface area contributed by atoms with E-state index in [-0.39, 0.29) is 5.91 Å². The van der Waals surface area contributed by atoms with Crippen molar-refractivity contribution in [3.8, 4) is 0 Å². The molecular weight excluding hydrogens is 294 g/mol. The number of carbonyl (C=O) groups is 2. The highest BCUT2D eigenvalue weighted by atomic mass is 16.4. The largest absolute Gasteiger partial charge is 0.481 e. The van der Waals surface area contributed by atoms with E-state index in [2.05, 4.69) is 15.3 Å². The van der Waals surface area contributed by atoms with Crippen molar-refractivity contribution in [3.05, 3.63) is 18.2 Å². The van der Waals surface area contributed by atoms with Crippen LogP contribution in [0.2, 0.25) is 0 Å². The highest BCUT2D eigenvalue weighted by Crippen LogP contribution is 2.09. The van der Waals surface area contributed by atoms with Crippen LogP contribution in [0.1, 0.15) is 69.9 Å². The van der Waals surface area contributed by atoms with Gasteiger partial charge in [-0.25, -0.2) is 4.98 Å². The average Bonchev–Trinajstić information content (AvgIpc) is 3.03. The summed E-state index contributed by atoms with van der Waals surface area (Å²) in [6.07, 6.45) is 13.5. The minimum absolute atomic E-state index is 0.0954. The summed E-state index contributed by atoms with van der Waals surface area (Å²) in [4.78, 5) is 28.9. The summed E-state index contributed by atoms with van der Waals surface area (Å²) < 4.78 is 0. The van der Waals surface area contributed by atoms with Gasteiger partial charge >= 0.3 is 5.97 Å². The predicted molar refractivity (Wildman–Crippen MR) is 89.1 cm³/mol. The Morgan fingerprint density at radius 3 is 2.26 bits per heavy atom. The van der Waals surface area contributed by atoms with E-state index in [0.717, 1.165) is 44.3 Å². The highest BCUT2D eigenvalue weighted by molar-refractivity contribution is 5.76. The smallest absolute Gasteiger partial charge is 0.303 e. The Morgan fingerprint density at radius 2 is 1.65 bits per heavy atom. The molecule has 6 heteroatoms. The van der Waals surface area contributed by atoms with Crippen molar-refractivity contribution in [2.75, 3.05) is 6.54 Å². The Labute approximate surface area is 138 Å². The second-order valence-electron chi connectivity index (χ2n) is 5.90. The SMILES string of the molecule is O=C(O)CCCCCCCCCCNC(=O)CCc1cnc[nH]1. The minimum Gasteiger partial charge on any atom is -0.481 e. The van der Waals surface area contributed by atoms with Gasteiger partial charge in [-0.2, -0.15) is 0 Å². The van der Waals surface area contributed by atoms with Crippen LogP contribution in [-0.4, -0.2) is 33.5 Å². The van der Waals surface area contributed by atoms with Gasteiger partial charge in [-0.15, -0.1) is 0 Å². The molecule has 0 aliphatic rings. The van der Waals surface area contributed by atoms with Crippen LogP contribution in [0, 0.1) is 0 Å². The van der Waals surface area contributed by atoms with Gasteiger partial charge in [0.1, 0.15) is 0 Å². The number of aromatic nitrogens is 2. The Hall–Kier alpha value is -1.85. The van der Waals surface area contributed by atoms with Crippen LogP contribution in [-0.2, 0) is 16.0 Å². The van der Waals surface area contributed by atoms with Crippen LogP contribution in [0.25, 0.3) is 0 Å². The topological polar surface area (TPSA) is 95.1 Å². The number of carbonyl (C=O) groups excluding carboxylic acids is 1. The summed E-state index contributed by atoms with van der Waals surface area (Å²) in [7, 11) is 0. The predicted octanol–water partition coefficient (Wildman–Crippen LogP) is 3.05. The normalized spacial score (nSPS) is 10.6. The van der Waals surface area contributed by atoms with E-state index >= 15 is 0 Å². The van der Waals surface area contributed by atoms with Crippen molar-refractivity contribution in [1.82, 2.24) is 15.3 Å². The molecular formula is C17H29N3O3. The third-order valence-corrected chi connectivity index (χ3v) is 3.82. The summed E-state index contributed by atoms with van der Waals surface area (Å²) in [5.74, 6) is -0.602. The lowest BCUT2D eigenvalue weighted by Crippen LogP contribution is -2.24. The third kappa shape index (κ3) is 11.4. The first-order chi connectivity index (χ1) is 11.2. The van der Waals surface area contributed by atoms with E-state index in [9.17, 15) is 9.59 Å². The van der Waals surface area contributed by atoms with Gasteiger partial charge in [0.25, 0.3) is 0 Å². The summed E-state index contributed by atoms with van der Waals surface area (Å²) in [5, 5.41) is 11.5. The molecule has 1 amide bonds. The maximum atomic E-state index is 11.6. The number of aromatic amines is 1. The van der Waals surface area contributed by atoms with Gasteiger partial charge in [0, 0.05) is 31.3 Å². The molecule has 3 N–H and O–H groups in total. The molecule has 0 aliphatic carbocycles. The van der Waals surface area contributed by atoms with Crippen molar-refractivity contribution >= 4 is 11.9 Å². The van der Waals surface area contributed by atoms with E-state index in [0.29, 0.717) is 19.3 Å². The van der Waals surface area contributed by atoms with Gasteiger partial charge in [-0.05, 0) is 19.3 Å². The van der Waals surface area contributed by atoms with Crippen molar-refractivity contribution in [2.45, 2.75) is 70.6 Å². The zero-order chi connectivity index (χ0) is 16.8. The summed E-state index contributed by atoms with van der Waals surface area (Å²) in [6, 6.07) is 0. The van der Waals surface area contributed by atoms with Crippen LogP contribution in [0.4, 0.5) is 0 Å². The molecule has 1 heterocycles. The molecule has 0 aromatic carbocycles. The number of unbranched alkanes of at least 4 members (excludes halogenated alkanes) is 7. The van der Waals surface area contributed by atoms with Gasteiger partial charge in [-0.1, -0.05) is 38.5 Å². The zero-order valence-corrected chi connectivity index (χ0v) is 13.9. The fourth-order valence-electron chi connectivity index (χ4n) is 2.45. The lowest BCUT2D eigenvalue weighted by molar-refractivity contribution is -0.137. The minimum atomic E-state index is -0.698. The molecule has 130 valence electrons. The van der Waals surface area contributed by atoms with Gasteiger partial charge in [0.15, 0.2) is 0 Å². The molecule has 1 rings (SSSR count). The first kappa shape index (κ1) is 19.2. The number of nitrogens with one attached hydrogen (secondary N) is 2. The lowest BCUT2D eigenvalue weighted by atomic mass is 10.1. The van der Waals surface area contributed by atoms with Crippen LogP contribution < -0.4 is 5.32 Å². The second-order valence-corrected chi connectivity index (χ2v) is 5.90. The first-order valence-corrected chi connectivity index (χ1v) is 8.64. The van der Waals surface area contributed by atoms with E-state index in [4.69, 9.17) is 5.11 Å². The number of carboxylic acids is 1. The zero-order valence-electron chi connectivity index (χ0n) is 13.9. The van der Waals surface area contributed by atoms with Crippen LogP contribution >= 0.6 is 0 Å². The number of rotatable bonds is 14. The molecule has 0 unspecified atom stereocenters. The number of aryl methyl sites for hydroxylation is 1. The van der Waals surface area contributed by atoms with Crippen molar-refractivity contribution < 1.29 is 14.7 Å². The van der Waals surface area contributed by atoms with Crippen LogP contribution in [0.3, 0.4) is 0 Å². The van der Waals surface area contributed by atoms with Crippen molar-refractivity contribution in [1.29, 1.82) is 0 Å². The maximum Gasteiger partial charge on any atom is 0.303 e. The lowest BCUT2D eigenvalue weighted by Gasteiger charge is -2.05. The van der Waals surface area contributed by atoms with Gasteiger partial charge in [-0.3, -0.25) is 9.59 Å². The highest BCUT2D eigenvalue weighted by Gasteiger charge is 2.02. The standard InChI is InChI=1S/C17H29N3O3/c21-16(11-10-15-13-18-14-20-15)19-12-8-6-4-2-1-3-5-7-9-17(22)23/h13-14H,1-12H2,(H,18,20)(H,19,21)(H,22,23). The molecule has 0 atom stereocenters. The molecule has 0 fully saturated rings. The molecule has 0 bridgehead atoms. The Balaban J connectivity index is 1.80. The van der Waals surface area contributed by atoms with E-state index in [1.165, 1.54) is 19.3 Å². The summed E-state index contributed by atoms with van der Waals surface area (Å²) in [5.41, 5.74) is 0.989. The molecule has 1 aromatic heterocycles. The molecule has 0 aliphatic heterocycles. The average molecular weight is 323 g/mol.